The number of hydrogen-bond donors (Lipinski definition) is 1. The van der Waals surface area contributed by atoms with Gasteiger partial charge in [-0.2, -0.15) is 0 Å². The third kappa shape index (κ3) is 3.32. The van der Waals surface area contributed by atoms with Crippen molar-refractivity contribution in [3.63, 3.8) is 0 Å². The van der Waals surface area contributed by atoms with Gasteiger partial charge < -0.3 is 5.32 Å². The van der Waals surface area contributed by atoms with Gasteiger partial charge in [0.15, 0.2) is 0 Å². The summed E-state index contributed by atoms with van der Waals surface area (Å²) in [6.45, 7) is 9.92. The van der Waals surface area contributed by atoms with E-state index < -0.39 is 0 Å². The van der Waals surface area contributed by atoms with E-state index in [1.54, 1.807) is 0 Å². The predicted octanol–water partition coefficient (Wildman–Crippen LogP) is 4.20. The maximum Gasteiger partial charge on any atom is 0.0309 e. The van der Waals surface area contributed by atoms with E-state index >= 15 is 0 Å². The molecular formula is C19H36N2. The molecule has 3 unspecified atom stereocenters. The zero-order chi connectivity index (χ0) is 14.9. The Balaban J connectivity index is 1.78. The molecule has 3 atom stereocenters. The van der Waals surface area contributed by atoms with Crippen LogP contribution in [0.15, 0.2) is 0 Å². The Labute approximate surface area is 132 Å². The Kier molecular flexibility index (Phi) is 4.95. The van der Waals surface area contributed by atoms with Gasteiger partial charge in [0.2, 0.25) is 0 Å². The summed E-state index contributed by atoms with van der Waals surface area (Å²) in [5, 5.41) is 3.98. The minimum atomic E-state index is 0.470. The summed E-state index contributed by atoms with van der Waals surface area (Å²) in [6, 6.07) is 1.60. The van der Waals surface area contributed by atoms with Crippen molar-refractivity contribution in [2.45, 2.75) is 96.2 Å². The highest BCUT2D eigenvalue weighted by Crippen LogP contribution is 2.38. The van der Waals surface area contributed by atoms with E-state index in [1.165, 1.54) is 70.9 Å². The Morgan fingerprint density at radius 1 is 1.00 bits per heavy atom. The van der Waals surface area contributed by atoms with E-state index in [-0.39, 0.29) is 0 Å². The number of rotatable bonds is 2. The molecule has 1 spiro atoms. The summed E-state index contributed by atoms with van der Waals surface area (Å²) in [7, 11) is 0. The Bertz CT molecular complexity index is 332. The fourth-order valence-corrected chi connectivity index (χ4v) is 5.30. The maximum absolute atomic E-state index is 3.98. The molecule has 3 rings (SSSR count). The second-order valence-corrected chi connectivity index (χ2v) is 8.53. The zero-order valence-electron chi connectivity index (χ0n) is 14.5. The lowest BCUT2D eigenvalue weighted by Crippen LogP contribution is -2.67. The lowest BCUT2D eigenvalue weighted by Gasteiger charge is -2.52. The van der Waals surface area contributed by atoms with Gasteiger partial charge in [-0.25, -0.2) is 0 Å². The number of nitrogens with zero attached hydrogens (tertiary/aromatic N) is 1. The van der Waals surface area contributed by atoms with Crippen LogP contribution in [-0.4, -0.2) is 35.6 Å². The predicted molar refractivity (Wildman–Crippen MR) is 90.6 cm³/mol. The Morgan fingerprint density at radius 2 is 1.71 bits per heavy atom. The highest BCUT2D eigenvalue weighted by atomic mass is 15.3. The van der Waals surface area contributed by atoms with Crippen molar-refractivity contribution in [2.75, 3.05) is 13.1 Å². The molecule has 2 nitrogen and oxygen atoms in total. The van der Waals surface area contributed by atoms with Crippen LogP contribution in [0.5, 0.6) is 0 Å². The van der Waals surface area contributed by atoms with E-state index in [2.05, 4.69) is 31.0 Å². The quantitative estimate of drug-likeness (QED) is 0.767. The number of piperazine rings is 1. The topological polar surface area (TPSA) is 15.3 Å². The molecule has 2 aliphatic carbocycles. The molecule has 1 N–H and O–H groups in total. The van der Waals surface area contributed by atoms with Crippen molar-refractivity contribution in [1.29, 1.82) is 0 Å². The minimum absolute atomic E-state index is 0.470. The molecule has 2 heteroatoms. The second kappa shape index (κ2) is 6.58. The third-order valence-corrected chi connectivity index (χ3v) is 6.67. The van der Waals surface area contributed by atoms with Crippen LogP contribution in [0.3, 0.4) is 0 Å². The first-order valence-corrected chi connectivity index (χ1v) is 9.62. The SMILES string of the molecule is CC(C)C1CNC2(CCCC2)CN1C1CCCCCC1C. The van der Waals surface area contributed by atoms with Crippen LogP contribution in [0.1, 0.15) is 78.6 Å². The monoisotopic (exact) mass is 292 g/mol. The van der Waals surface area contributed by atoms with Gasteiger partial charge in [-0.05, 0) is 37.5 Å². The molecule has 1 heterocycles. The van der Waals surface area contributed by atoms with Gasteiger partial charge in [0.1, 0.15) is 0 Å². The largest absolute Gasteiger partial charge is 0.308 e. The van der Waals surface area contributed by atoms with E-state index in [4.69, 9.17) is 0 Å². The standard InChI is InChI=1S/C19H36N2/c1-15(2)18-13-20-19(11-7-8-12-19)14-21(18)17-10-6-4-5-9-16(17)3/h15-18,20H,4-14H2,1-3H3. The summed E-state index contributed by atoms with van der Waals surface area (Å²) >= 11 is 0. The van der Waals surface area contributed by atoms with Crippen LogP contribution in [0.4, 0.5) is 0 Å². The van der Waals surface area contributed by atoms with Crippen molar-refractivity contribution in [3.05, 3.63) is 0 Å². The molecule has 0 aromatic carbocycles. The molecule has 0 amide bonds. The fraction of sp³-hybridized carbons (Fsp3) is 1.00. The summed E-state index contributed by atoms with van der Waals surface area (Å²) in [4.78, 5) is 2.97. The van der Waals surface area contributed by atoms with Crippen molar-refractivity contribution in [1.82, 2.24) is 10.2 Å². The molecular weight excluding hydrogens is 256 g/mol. The van der Waals surface area contributed by atoms with E-state index in [0.29, 0.717) is 5.54 Å². The highest BCUT2D eigenvalue weighted by Gasteiger charge is 2.44. The first kappa shape index (κ1) is 15.8. The van der Waals surface area contributed by atoms with Gasteiger partial charge in [0.05, 0.1) is 0 Å². The molecule has 0 bridgehead atoms. The summed E-state index contributed by atoms with van der Waals surface area (Å²) in [6.07, 6.45) is 13.0. The molecule has 2 saturated carbocycles. The van der Waals surface area contributed by atoms with Crippen LogP contribution < -0.4 is 5.32 Å². The minimum Gasteiger partial charge on any atom is -0.308 e. The number of nitrogens with one attached hydrogen (secondary N) is 1. The molecule has 3 fully saturated rings. The lowest BCUT2D eigenvalue weighted by atomic mass is 9.84. The number of hydrogen-bond acceptors (Lipinski definition) is 2. The molecule has 1 saturated heterocycles. The zero-order valence-corrected chi connectivity index (χ0v) is 14.5. The van der Waals surface area contributed by atoms with Gasteiger partial charge in [-0.1, -0.05) is 52.9 Å². The van der Waals surface area contributed by atoms with E-state index in [9.17, 15) is 0 Å². The van der Waals surface area contributed by atoms with Gasteiger partial charge in [0, 0.05) is 30.7 Å². The summed E-state index contributed by atoms with van der Waals surface area (Å²) in [5.74, 6) is 1.66. The molecule has 21 heavy (non-hydrogen) atoms. The van der Waals surface area contributed by atoms with Crippen LogP contribution in [0.25, 0.3) is 0 Å². The smallest absolute Gasteiger partial charge is 0.0309 e. The second-order valence-electron chi connectivity index (χ2n) is 8.53. The van der Waals surface area contributed by atoms with Gasteiger partial charge in [-0.3, -0.25) is 4.90 Å². The highest BCUT2D eigenvalue weighted by molar-refractivity contribution is 5.03. The molecule has 1 aliphatic heterocycles. The molecule has 122 valence electrons. The van der Waals surface area contributed by atoms with Crippen molar-refractivity contribution >= 4 is 0 Å². The van der Waals surface area contributed by atoms with Gasteiger partial charge >= 0.3 is 0 Å². The third-order valence-electron chi connectivity index (χ3n) is 6.67. The van der Waals surface area contributed by atoms with Crippen LogP contribution in [-0.2, 0) is 0 Å². The van der Waals surface area contributed by atoms with E-state index in [1.807, 2.05) is 0 Å². The van der Waals surface area contributed by atoms with Crippen molar-refractivity contribution < 1.29 is 0 Å². The Hall–Kier alpha value is -0.0800. The molecule has 3 aliphatic rings. The summed E-state index contributed by atoms with van der Waals surface area (Å²) < 4.78 is 0. The first-order valence-electron chi connectivity index (χ1n) is 9.62. The Morgan fingerprint density at radius 3 is 2.43 bits per heavy atom. The molecule has 0 radical (unpaired) electrons. The van der Waals surface area contributed by atoms with Crippen molar-refractivity contribution in [3.8, 4) is 0 Å². The normalized spacial score (nSPS) is 38.0. The van der Waals surface area contributed by atoms with E-state index in [0.717, 1.165) is 23.9 Å². The van der Waals surface area contributed by atoms with Gasteiger partial charge in [0.25, 0.3) is 0 Å². The van der Waals surface area contributed by atoms with Crippen LogP contribution in [0.2, 0.25) is 0 Å². The summed E-state index contributed by atoms with van der Waals surface area (Å²) in [5.41, 5.74) is 0.470. The van der Waals surface area contributed by atoms with Crippen LogP contribution in [0, 0.1) is 11.8 Å². The van der Waals surface area contributed by atoms with Crippen LogP contribution >= 0.6 is 0 Å². The fourth-order valence-electron chi connectivity index (χ4n) is 5.30. The average molecular weight is 293 g/mol. The average Bonchev–Trinajstić information content (AvgIpc) is 2.78. The first-order chi connectivity index (χ1) is 10.1. The molecule has 0 aromatic heterocycles. The van der Waals surface area contributed by atoms with Crippen molar-refractivity contribution in [2.24, 2.45) is 11.8 Å². The van der Waals surface area contributed by atoms with Gasteiger partial charge in [-0.15, -0.1) is 0 Å². The molecule has 0 aromatic rings. The maximum atomic E-state index is 3.98. The lowest BCUT2D eigenvalue weighted by molar-refractivity contribution is 0.00110.